The first kappa shape index (κ1) is 22.4. The second-order valence-electron chi connectivity index (χ2n) is 8.83. The molecule has 1 aliphatic carbocycles. The van der Waals surface area contributed by atoms with E-state index < -0.39 is 23.3 Å². The molecule has 0 amide bonds. The SMILES string of the molecule is Cc1ccc(OC(F)(F)c2c(F)cc(-c3ccc(C4CCC(C)CC4)cc3)cc2F)cc1. The number of halogens is 4. The minimum atomic E-state index is -4.15. The van der Waals surface area contributed by atoms with Crippen LogP contribution in [-0.2, 0) is 6.11 Å². The van der Waals surface area contributed by atoms with Crippen LogP contribution in [0.5, 0.6) is 5.75 Å². The highest BCUT2D eigenvalue weighted by Gasteiger charge is 2.41. The predicted octanol–water partition coefficient (Wildman–Crippen LogP) is 8.36. The monoisotopic (exact) mass is 442 g/mol. The molecule has 3 aromatic rings. The molecule has 0 spiro atoms. The van der Waals surface area contributed by atoms with Crippen LogP contribution in [0.15, 0.2) is 60.7 Å². The second-order valence-corrected chi connectivity index (χ2v) is 8.83. The second kappa shape index (κ2) is 8.97. The predicted molar refractivity (Wildman–Crippen MR) is 118 cm³/mol. The molecule has 1 nitrogen and oxygen atoms in total. The minimum absolute atomic E-state index is 0.170. The van der Waals surface area contributed by atoms with Crippen molar-refractivity contribution in [3.05, 3.63) is 89.0 Å². The Morgan fingerprint density at radius 3 is 1.91 bits per heavy atom. The van der Waals surface area contributed by atoms with Crippen molar-refractivity contribution in [1.29, 1.82) is 0 Å². The van der Waals surface area contributed by atoms with Gasteiger partial charge in [-0.15, -0.1) is 0 Å². The van der Waals surface area contributed by atoms with Gasteiger partial charge in [0.15, 0.2) is 0 Å². The van der Waals surface area contributed by atoms with E-state index in [1.807, 2.05) is 12.1 Å². The molecule has 168 valence electrons. The van der Waals surface area contributed by atoms with Crippen LogP contribution in [0.25, 0.3) is 11.1 Å². The molecule has 1 fully saturated rings. The molecule has 1 saturated carbocycles. The molecule has 4 rings (SSSR count). The molecule has 0 aliphatic heterocycles. The van der Waals surface area contributed by atoms with Crippen LogP contribution in [0, 0.1) is 24.5 Å². The van der Waals surface area contributed by atoms with Crippen molar-refractivity contribution in [2.45, 2.75) is 51.6 Å². The molecule has 0 atom stereocenters. The summed E-state index contributed by atoms with van der Waals surface area (Å²) in [6, 6.07) is 15.2. The van der Waals surface area contributed by atoms with Gasteiger partial charge in [-0.25, -0.2) is 8.78 Å². The highest BCUT2D eigenvalue weighted by Crippen LogP contribution is 2.38. The Morgan fingerprint density at radius 2 is 1.34 bits per heavy atom. The third-order valence-electron chi connectivity index (χ3n) is 6.33. The summed E-state index contributed by atoms with van der Waals surface area (Å²) >= 11 is 0. The fraction of sp³-hybridized carbons (Fsp3) is 0.333. The van der Waals surface area contributed by atoms with E-state index in [2.05, 4.69) is 11.7 Å². The van der Waals surface area contributed by atoms with Crippen molar-refractivity contribution >= 4 is 0 Å². The third-order valence-corrected chi connectivity index (χ3v) is 6.33. The van der Waals surface area contributed by atoms with Gasteiger partial charge in [0.2, 0.25) is 0 Å². The van der Waals surface area contributed by atoms with Gasteiger partial charge in [0.1, 0.15) is 22.9 Å². The Bertz CT molecular complexity index is 1040. The highest BCUT2D eigenvalue weighted by molar-refractivity contribution is 5.64. The molecule has 3 aromatic carbocycles. The van der Waals surface area contributed by atoms with E-state index in [-0.39, 0.29) is 11.3 Å². The minimum Gasteiger partial charge on any atom is -0.429 e. The maximum atomic E-state index is 14.7. The van der Waals surface area contributed by atoms with Crippen LogP contribution >= 0.6 is 0 Å². The lowest BCUT2D eigenvalue weighted by Gasteiger charge is -2.26. The maximum Gasteiger partial charge on any atom is 0.432 e. The van der Waals surface area contributed by atoms with Crippen molar-refractivity contribution in [3.8, 4) is 16.9 Å². The lowest BCUT2D eigenvalue weighted by atomic mass is 9.79. The van der Waals surface area contributed by atoms with Crippen LogP contribution in [0.1, 0.15) is 55.2 Å². The van der Waals surface area contributed by atoms with Crippen LogP contribution in [0.2, 0.25) is 0 Å². The van der Waals surface area contributed by atoms with Gasteiger partial charge in [0.25, 0.3) is 0 Å². The molecule has 0 aromatic heterocycles. The van der Waals surface area contributed by atoms with Crippen molar-refractivity contribution in [2.75, 3.05) is 0 Å². The zero-order chi connectivity index (χ0) is 22.9. The number of alkyl halides is 2. The lowest BCUT2D eigenvalue weighted by Crippen LogP contribution is -2.25. The van der Waals surface area contributed by atoms with E-state index >= 15 is 0 Å². The van der Waals surface area contributed by atoms with Crippen molar-refractivity contribution < 1.29 is 22.3 Å². The molecular weight excluding hydrogens is 416 g/mol. The average Bonchev–Trinajstić information content (AvgIpc) is 2.75. The maximum absolute atomic E-state index is 14.7. The first-order chi connectivity index (χ1) is 15.2. The molecule has 0 N–H and O–H groups in total. The quantitative estimate of drug-likeness (QED) is 0.361. The van der Waals surface area contributed by atoms with Gasteiger partial charge in [-0.05, 0) is 72.6 Å². The van der Waals surface area contributed by atoms with E-state index in [1.165, 1.54) is 30.5 Å². The normalized spacial score (nSPS) is 19.1. The van der Waals surface area contributed by atoms with Gasteiger partial charge < -0.3 is 4.74 Å². The van der Waals surface area contributed by atoms with Crippen molar-refractivity contribution in [1.82, 2.24) is 0 Å². The molecule has 0 radical (unpaired) electrons. The van der Waals surface area contributed by atoms with E-state index in [4.69, 9.17) is 0 Å². The summed E-state index contributed by atoms with van der Waals surface area (Å²) in [4.78, 5) is 0. The van der Waals surface area contributed by atoms with Gasteiger partial charge in [-0.3, -0.25) is 0 Å². The smallest absolute Gasteiger partial charge is 0.429 e. The Kier molecular flexibility index (Phi) is 6.27. The van der Waals surface area contributed by atoms with E-state index in [9.17, 15) is 17.6 Å². The van der Waals surface area contributed by atoms with Gasteiger partial charge >= 0.3 is 6.11 Å². The van der Waals surface area contributed by atoms with Crippen molar-refractivity contribution in [3.63, 3.8) is 0 Å². The molecule has 32 heavy (non-hydrogen) atoms. The summed E-state index contributed by atoms with van der Waals surface area (Å²) < 4.78 is 63.1. The third kappa shape index (κ3) is 4.82. The topological polar surface area (TPSA) is 9.23 Å². The Balaban J connectivity index is 1.56. The fourth-order valence-electron chi connectivity index (χ4n) is 4.36. The Morgan fingerprint density at radius 1 is 0.781 bits per heavy atom. The number of rotatable bonds is 5. The summed E-state index contributed by atoms with van der Waals surface area (Å²) in [5.41, 5.74) is 1.45. The standard InChI is InChI=1S/C27H26F4O/c1-17-3-7-19(8-4-17)20-9-11-21(12-10-20)22-15-24(28)26(25(29)16-22)27(30,31)32-23-13-5-18(2)6-14-23/h5-6,9-17,19H,3-4,7-8H2,1-2H3. The number of benzene rings is 3. The molecule has 0 heterocycles. The number of hydrogen-bond acceptors (Lipinski definition) is 1. The fourth-order valence-corrected chi connectivity index (χ4v) is 4.36. The zero-order valence-corrected chi connectivity index (χ0v) is 18.2. The molecule has 0 saturated heterocycles. The Labute approximate surface area is 186 Å². The lowest BCUT2D eigenvalue weighted by molar-refractivity contribution is -0.189. The molecule has 5 heteroatoms. The number of ether oxygens (including phenoxy) is 1. The number of aryl methyl sites for hydroxylation is 1. The largest absolute Gasteiger partial charge is 0.432 e. The van der Waals surface area contributed by atoms with Gasteiger partial charge in [0, 0.05) is 0 Å². The summed E-state index contributed by atoms with van der Waals surface area (Å²) in [6.07, 6.45) is 0.513. The number of hydrogen-bond donors (Lipinski definition) is 0. The van der Waals surface area contributed by atoms with Gasteiger partial charge in [-0.2, -0.15) is 8.78 Å². The average molecular weight is 442 g/mol. The van der Waals surface area contributed by atoms with E-state index in [0.717, 1.165) is 36.5 Å². The summed E-state index contributed by atoms with van der Waals surface area (Å²) in [5.74, 6) is -1.61. The summed E-state index contributed by atoms with van der Waals surface area (Å²) in [6.45, 7) is 4.06. The van der Waals surface area contributed by atoms with Crippen molar-refractivity contribution in [2.24, 2.45) is 5.92 Å². The van der Waals surface area contributed by atoms with Crippen LogP contribution in [0.4, 0.5) is 17.6 Å². The first-order valence-corrected chi connectivity index (χ1v) is 11.0. The zero-order valence-electron chi connectivity index (χ0n) is 18.2. The van der Waals surface area contributed by atoms with Crippen LogP contribution < -0.4 is 4.74 Å². The molecule has 0 unspecified atom stereocenters. The van der Waals surface area contributed by atoms with E-state index in [1.54, 1.807) is 31.2 Å². The molecule has 0 bridgehead atoms. The summed E-state index contributed by atoms with van der Waals surface area (Å²) in [5, 5.41) is 0. The Hall–Kier alpha value is -2.82. The summed E-state index contributed by atoms with van der Waals surface area (Å²) in [7, 11) is 0. The molecular formula is C27H26F4O. The van der Waals surface area contributed by atoms with Crippen LogP contribution in [-0.4, -0.2) is 0 Å². The highest BCUT2D eigenvalue weighted by atomic mass is 19.3. The van der Waals surface area contributed by atoms with Crippen LogP contribution in [0.3, 0.4) is 0 Å². The van der Waals surface area contributed by atoms with E-state index in [0.29, 0.717) is 11.5 Å². The van der Waals surface area contributed by atoms with Gasteiger partial charge in [0.05, 0.1) is 0 Å². The first-order valence-electron chi connectivity index (χ1n) is 11.0. The van der Waals surface area contributed by atoms with Gasteiger partial charge in [-0.1, -0.05) is 61.7 Å². The molecule has 1 aliphatic rings.